The van der Waals surface area contributed by atoms with E-state index in [0.29, 0.717) is 25.9 Å². The topological polar surface area (TPSA) is 66.5 Å². The molecule has 2 aromatic carbocycles. The molecule has 0 spiro atoms. The Hall–Kier alpha value is -1.70. The van der Waals surface area contributed by atoms with Gasteiger partial charge in [0.15, 0.2) is 0 Å². The van der Waals surface area contributed by atoms with E-state index in [1.54, 1.807) is 0 Å². The first-order valence-electron chi connectivity index (χ1n) is 9.34. The number of hydrogen-bond donors (Lipinski definition) is 1. The van der Waals surface area contributed by atoms with Gasteiger partial charge >= 0.3 is 0 Å². The van der Waals surface area contributed by atoms with Crippen molar-refractivity contribution >= 4 is 37.5 Å². The molecule has 0 aromatic heterocycles. The highest BCUT2D eigenvalue weighted by Crippen LogP contribution is 2.24. The molecule has 1 aliphatic rings. The van der Waals surface area contributed by atoms with Crippen molar-refractivity contribution in [3.63, 3.8) is 0 Å². The van der Waals surface area contributed by atoms with Crippen LogP contribution < -0.4 is 5.32 Å². The van der Waals surface area contributed by atoms with Gasteiger partial charge in [0.05, 0.1) is 5.75 Å². The van der Waals surface area contributed by atoms with Crippen LogP contribution in [0.3, 0.4) is 0 Å². The van der Waals surface area contributed by atoms with Gasteiger partial charge in [0.2, 0.25) is 15.9 Å². The number of sulfonamides is 1. The molecule has 1 fully saturated rings. The normalized spacial score (nSPS) is 16.1. The van der Waals surface area contributed by atoms with Crippen LogP contribution in [0, 0.1) is 19.8 Å². The average Bonchev–Trinajstić information content (AvgIpc) is 2.60. The van der Waals surface area contributed by atoms with Crippen LogP contribution in [0.5, 0.6) is 0 Å². The highest BCUT2D eigenvalue weighted by atomic mass is 79.9. The van der Waals surface area contributed by atoms with E-state index >= 15 is 0 Å². The Labute approximate surface area is 175 Å². The fourth-order valence-electron chi connectivity index (χ4n) is 3.62. The molecular formula is C21H25BrN2O3S. The molecule has 150 valence electrons. The number of nitrogens with one attached hydrogen (secondary N) is 1. The lowest BCUT2D eigenvalue weighted by atomic mass is 9.97. The average molecular weight is 465 g/mol. The SMILES string of the molecule is Cc1cc(C)cc(NC(=O)C2CCN(S(=O)(=O)Cc3cccc(Br)c3)CC2)c1. The zero-order valence-electron chi connectivity index (χ0n) is 16.1. The summed E-state index contributed by atoms with van der Waals surface area (Å²) in [5, 5.41) is 2.98. The largest absolute Gasteiger partial charge is 0.326 e. The number of hydrogen-bond acceptors (Lipinski definition) is 3. The first-order chi connectivity index (χ1) is 13.2. The molecule has 1 heterocycles. The van der Waals surface area contributed by atoms with Crippen LogP contribution in [0.1, 0.15) is 29.5 Å². The van der Waals surface area contributed by atoms with Crippen molar-refractivity contribution in [1.29, 1.82) is 0 Å². The molecule has 1 N–H and O–H groups in total. The highest BCUT2D eigenvalue weighted by molar-refractivity contribution is 9.10. The summed E-state index contributed by atoms with van der Waals surface area (Å²) in [6.45, 7) is 4.75. The Morgan fingerprint density at radius 1 is 1.11 bits per heavy atom. The van der Waals surface area contributed by atoms with E-state index in [2.05, 4.69) is 27.3 Å². The molecule has 0 unspecified atom stereocenters. The smallest absolute Gasteiger partial charge is 0.227 e. The molecular weight excluding hydrogens is 440 g/mol. The van der Waals surface area contributed by atoms with Gasteiger partial charge in [-0.05, 0) is 67.6 Å². The molecule has 1 saturated heterocycles. The van der Waals surface area contributed by atoms with Crippen molar-refractivity contribution < 1.29 is 13.2 Å². The summed E-state index contributed by atoms with van der Waals surface area (Å²) in [5.74, 6) is -0.224. The molecule has 0 aliphatic carbocycles. The number of carbonyl (C=O) groups excluding carboxylic acids is 1. The summed E-state index contributed by atoms with van der Waals surface area (Å²) in [7, 11) is -3.39. The van der Waals surface area contributed by atoms with Crippen molar-refractivity contribution in [2.75, 3.05) is 18.4 Å². The summed E-state index contributed by atoms with van der Waals surface area (Å²) >= 11 is 3.37. The quantitative estimate of drug-likeness (QED) is 0.718. The van der Waals surface area contributed by atoms with Crippen LogP contribution in [0.15, 0.2) is 46.9 Å². The highest BCUT2D eigenvalue weighted by Gasteiger charge is 2.31. The molecule has 0 atom stereocenters. The molecule has 28 heavy (non-hydrogen) atoms. The number of halogens is 1. The minimum atomic E-state index is -3.39. The van der Waals surface area contributed by atoms with Crippen LogP contribution in [0.4, 0.5) is 5.69 Å². The van der Waals surface area contributed by atoms with Gasteiger partial charge in [0.1, 0.15) is 0 Å². The van der Waals surface area contributed by atoms with Crippen LogP contribution >= 0.6 is 15.9 Å². The third-order valence-corrected chi connectivity index (χ3v) is 7.29. The van der Waals surface area contributed by atoms with Crippen LogP contribution in [-0.2, 0) is 20.6 Å². The zero-order valence-corrected chi connectivity index (χ0v) is 18.5. The van der Waals surface area contributed by atoms with Gasteiger partial charge in [-0.25, -0.2) is 12.7 Å². The van der Waals surface area contributed by atoms with Gasteiger partial charge < -0.3 is 5.32 Å². The number of rotatable bonds is 5. The molecule has 0 bridgehead atoms. The third kappa shape index (κ3) is 5.43. The van der Waals surface area contributed by atoms with Gasteiger partial charge in [0, 0.05) is 29.2 Å². The predicted octanol–water partition coefficient (Wildman–Crippen LogP) is 4.25. The van der Waals surface area contributed by atoms with E-state index in [1.807, 2.05) is 50.2 Å². The number of aryl methyl sites for hydroxylation is 2. The maximum Gasteiger partial charge on any atom is 0.227 e. The van der Waals surface area contributed by atoms with Crippen molar-refractivity contribution in [2.45, 2.75) is 32.4 Å². The van der Waals surface area contributed by atoms with Gasteiger partial charge in [-0.1, -0.05) is 34.1 Å². The maximum absolute atomic E-state index is 12.7. The summed E-state index contributed by atoms with van der Waals surface area (Å²) < 4.78 is 27.8. The van der Waals surface area contributed by atoms with Crippen LogP contribution in [0.2, 0.25) is 0 Å². The first kappa shape index (κ1) is 21.0. The number of benzene rings is 2. The minimum Gasteiger partial charge on any atom is -0.326 e. The fourth-order valence-corrected chi connectivity index (χ4v) is 5.61. The van der Waals surface area contributed by atoms with Crippen LogP contribution in [-0.4, -0.2) is 31.7 Å². The molecule has 5 nitrogen and oxygen atoms in total. The number of nitrogens with zero attached hydrogens (tertiary/aromatic N) is 1. The minimum absolute atomic E-state index is 0.0220. The zero-order chi connectivity index (χ0) is 20.3. The van der Waals surface area contributed by atoms with Gasteiger partial charge in [-0.2, -0.15) is 0 Å². The summed E-state index contributed by atoms with van der Waals surface area (Å²) in [6.07, 6.45) is 1.07. The van der Waals surface area contributed by atoms with Crippen molar-refractivity contribution in [3.05, 3.63) is 63.6 Å². The fraction of sp³-hybridized carbons (Fsp3) is 0.381. The lowest BCUT2D eigenvalue weighted by Gasteiger charge is -2.30. The monoisotopic (exact) mass is 464 g/mol. The number of amides is 1. The van der Waals surface area contributed by atoms with Crippen LogP contribution in [0.25, 0.3) is 0 Å². The molecule has 0 radical (unpaired) electrons. The lowest BCUT2D eigenvalue weighted by molar-refractivity contribution is -0.120. The Morgan fingerprint density at radius 2 is 1.75 bits per heavy atom. The van der Waals surface area contributed by atoms with Crippen molar-refractivity contribution in [2.24, 2.45) is 5.92 Å². The molecule has 1 aliphatic heterocycles. The van der Waals surface area contributed by atoms with E-state index in [9.17, 15) is 13.2 Å². The van der Waals surface area contributed by atoms with Crippen molar-refractivity contribution in [1.82, 2.24) is 4.31 Å². The van der Waals surface area contributed by atoms with Gasteiger partial charge in [0.25, 0.3) is 0 Å². The lowest BCUT2D eigenvalue weighted by Crippen LogP contribution is -2.41. The Kier molecular flexibility index (Phi) is 6.58. The Bertz CT molecular complexity index is 947. The summed E-state index contributed by atoms with van der Waals surface area (Å²) in [6, 6.07) is 13.3. The summed E-state index contributed by atoms with van der Waals surface area (Å²) in [5.41, 5.74) is 3.75. The second-order valence-corrected chi connectivity index (χ2v) is 10.3. The molecule has 3 rings (SSSR count). The standard InChI is InChI=1S/C21H25BrN2O3S/c1-15-10-16(2)12-20(11-15)23-21(25)18-6-8-24(9-7-18)28(26,27)14-17-4-3-5-19(22)13-17/h3-5,10-13,18H,6-9,14H2,1-2H3,(H,23,25). The van der Waals surface area contributed by atoms with E-state index in [4.69, 9.17) is 0 Å². The Morgan fingerprint density at radius 3 is 2.36 bits per heavy atom. The molecule has 1 amide bonds. The molecule has 0 saturated carbocycles. The van der Waals surface area contributed by atoms with E-state index in [1.165, 1.54) is 4.31 Å². The predicted molar refractivity (Wildman–Crippen MR) is 116 cm³/mol. The second kappa shape index (κ2) is 8.76. The first-order valence-corrected chi connectivity index (χ1v) is 11.7. The number of anilines is 1. The van der Waals surface area contributed by atoms with Gasteiger partial charge in [-0.15, -0.1) is 0 Å². The summed E-state index contributed by atoms with van der Waals surface area (Å²) in [4.78, 5) is 12.6. The number of carbonyl (C=O) groups is 1. The third-order valence-electron chi connectivity index (χ3n) is 4.95. The second-order valence-electron chi connectivity index (χ2n) is 7.43. The maximum atomic E-state index is 12.7. The van der Waals surface area contributed by atoms with Gasteiger partial charge in [-0.3, -0.25) is 4.79 Å². The van der Waals surface area contributed by atoms with Crippen molar-refractivity contribution in [3.8, 4) is 0 Å². The molecule has 2 aromatic rings. The Balaban J connectivity index is 1.58. The molecule has 7 heteroatoms. The van der Waals surface area contributed by atoms with E-state index < -0.39 is 10.0 Å². The number of piperidine rings is 1. The van der Waals surface area contributed by atoms with E-state index in [-0.39, 0.29) is 17.6 Å². The van der Waals surface area contributed by atoms with E-state index in [0.717, 1.165) is 26.9 Å².